The molecule has 0 radical (unpaired) electrons. The topological polar surface area (TPSA) is 44.4 Å². The van der Waals surface area contributed by atoms with Gasteiger partial charge in [0.25, 0.3) is 5.91 Å². The Morgan fingerprint density at radius 2 is 1.60 bits per heavy atom. The van der Waals surface area contributed by atoms with E-state index < -0.39 is 0 Å². The summed E-state index contributed by atoms with van der Waals surface area (Å²) in [7, 11) is 4.08. The minimum atomic E-state index is -0.172. The summed E-state index contributed by atoms with van der Waals surface area (Å²) in [6.45, 7) is 0.863. The summed E-state index contributed by atoms with van der Waals surface area (Å²) in [5, 5.41) is 7.58. The Bertz CT molecular complexity index is 1120. The number of rotatable bonds is 5. The first kappa shape index (κ1) is 20.5. The number of benzene rings is 3. The normalized spacial score (nSPS) is 14.5. The summed E-state index contributed by atoms with van der Waals surface area (Å²) in [6, 6.07) is 21.0. The second-order valence-corrected chi connectivity index (χ2v) is 8.33. The summed E-state index contributed by atoms with van der Waals surface area (Å²) in [5.74, 6) is -0.172. The van der Waals surface area contributed by atoms with Crippen molar-refractivity contribution in [2.75, 3.05) is 24.7 Å². The van der Waals surface area contributed by atoms with E-state index >= 15 is 0 Å². The molecule has 0 bridgehead atoms. The van der Waals surface area contributed by atoms with Gasteiger partial charge in [0.15, 0.2) is 0 Å². The van der Waals surface area contributed by atoms with Crippen molar-refractivity contribution in [3.05, 3.63) is 93.5 Å². The molecule has 3 aromatic carbocycles. The smallest absolute Gasteiger partial charge is 0.258 e. The maximum absolute atomic E-state index is 12.9. The molecule has 30 heavy (non-hydrogen) atoms. The average molecular weight is 438 g/mol. The van der Waals surface area contributed by atoms with E-state index in [1.807, 2.05) is 56.6 Å². The molecule has 0 aromatic heterocycles. The van der Waals surface area contributed by atoms with E-state index in [2.05, 4.69) is 27.7 Å². The third kappa shape index (κ3) is 4.36. The lowest BCUT2D eigenvalue weighted by Crippen LogP contribution is -2.11. The van der Waals surface area contributed by atoms with Crippen LogP contribution in [0.15, 0.2) is 66.7 Å². The summed E-state index contributed by atoms with van der Waals surface area (Å²) in [4.78, 5) is 15.0. The fourth-order valence-electron chi connectivity index (χ4n) is 3.49. The van der Waals surface area contributed by atoms with Gasteiger partial charge in [-0.1, -0.05) is 53.5 Å². The van der Waals surface area contributed by atoms with Crippen LogP contribution >= 0.6 is 23.2 Å². The maximum atomic E-state index is 12.9. The van der Waals surface area contributed by atoms with Crippen molar-refractivity contribution in [3.8, 4) is 0 Å². The molecule has 0 atom stereocenters. The van der Waals surface area contributed by atoms with Gasteiger partial charge in [-0.2, -0.15) is 0 Å². The molecule has 1 aliphatic heterocycles. The van der Waals surface area contributed by atoms with Crippen molar-refractivity contribution in [2.45, 2.75) is 6.54 Å². The molecule has 4 rings (SSSR count). The van der Waals surface area contributed by atoms with Gasteiger partial charge in [0, 0.05) is 27.8 Å². The molecule has 152 valence electrons. The molecular weight excluding hydrogens is 417 g/mol. The second kappa shape index (κ2) is 8.52. The maximum Gasteiger partial charge on any atom is 0.258 e. The molecule has 3 aromatic rings. The molecular formula is C24H21Cl2N3O. The number of nitrogens with zero attached hydrogens (tertiary/aromatic N) is 1. The Morgan fingerprint density at radius 3 is 2.27 bits per heavy atom. The molecule has 0 fully saturated rings. The fraction of sp³-hybridized carbons (Fsp3) is 0.125. The van der Waals surface area contributed by atoms with Crippen LogP contribution in [0.5, 0.6) is 0 Å². The largest absolute Gasteiger partial charge is 0.354 e. The van der Waals surface area contributed by atoms with Gasteiger partial charge in [-0.15, -0.1) is 0 Å². The van der Waals surface area contributed by atoms with Crippen molar-refractivity contribution in [1.82, 2.24) is 4.90 Å². The van der Waals surface area contributed by atoms with E-state index in [9.17, 15) is 4.79 Å². The molecule has 0 saturated carbocycles. The number of carbonyl (C=O) groups is 1. The zero-order valence-electron chi connectivity index (χ0n) is 16.7. The van der Waals surface area contributed by atoms with Gasteiger partial charge in [0.2, 0.25) is 0 Å². The number of amides is 1. The number of hydrogen-bond acceptors (Lipinski definition) is 3. The molecule has 1 aliphatic rings. The fourth-order valence-corrected chi connectivity index (χ4v) is 3.79. The number of carbonyl (C=O) groups excluding carboxylic acids is 1. The van der Waals surface area contributed by atoms with Crippen molar-refractivity contribution in [1.29, 1.82) is 0 Å². The van der Waals surface area contributed by atoms with Crippen LogP contribution in [0.2, 0.25) is 10.0 Å². The Labute approximate surface area is 186 Å². The van der Waals surface area contributed by atoms with Crippen LogP contribution in [0.3, 0.4) is 0 Å². The standard InChI is InChI=1S/C24H21Cl2N3O/c1-29(2)14-15-3-10-19(11-4-15)27-23(16-5-7-17(25)8-6-16)22-20-12-9-18(26)13-21(20)28-24(22)30/h3-13,27H,14H2,1-2H3,(H,28,30)/b23-22-. The van der Waals surface area contributed by atoms with Crippen LogP contribution in [0, 0.1) is 0 Å². The first-order valence-corrected chi connectivity index (χ1v) is 10.3. The molecule has 1 amide bonds. The van der Waals surface area contributed by atoms with Crippen LogP contribution in [-0.2, 0) is 11.3 Å². The van der Waals surface area contributed by atoms with Crippen LogP contribution < -0.4 is 10.6 Å². The predicted molar refractivity (Wildman–Crippen MR) is 126 cm³/mol. The zero-order chi connectivity index (χ0) is 21.3. The molecule has 1 heterocycles. The Balaban J connectivity index is 1.79. The lowest BCUT2D eigenvalue weighted by atomic mass is 10.00. The summed E-state index contributed by atoms with van der Waals surface area (Å²) in [5.41, 5.74) is 5.77. The quantitative estimate of drug-likeness (QED) is 0.481. The highest BCUT2D eigenvalue weighted by Gasteiger charge is 2.28. The van der Waals surface area contributed by atoms with Gasteiger partial charge >= 0.3 is 0 Å². The van der Waals surface area contributed by atoms with Crippen LogP contribution in [-0.4, -0.2) is 24.9 Å². The van der Waals surface area contributed by atoms with Gasteiger partial charge in [0.05, 0.1) is 17.0 Å². The predicted octanol–water partition coefficient (Wildman–Crippen LogP) is 5.99. The monoisotopic (exact) mass is 437 g/mol. The van der Waals surface area contributed by atoms with Gasteiger partial charge in [0.1, 0.15) is 0 Å². The highest BCUT2D eigenvalue weighted by atomic mass is 35.5. The first-order valence-electron chi connectivity index (χ1n) is 9.53. The van der Waals surface area contributed by atoms with Gasteiger partial charge in [-0.05, 0) is 61.6 Å². The number of nitrogens with one attached hydrogen (secondary N) is 2. The Morgan fingerprint density at radius 1 is 0.933 bits per heavy atom. The van der Waals surface area contributed by atoms with E-state index in [1.165, 1.54) is 5.56 Å². The van der Waals surface area contributed by atoms with Crippen LogP contribution in [0.4, 0.5) is 11.4 Å². The Hall–Kier alpha value is -2.79. The van der Waals surface area contributed by atoms with Gasteiger partial charge in [-0.25, -0.2) is 0 Å². The van der Waals surface area contributed by atoms with Crippen LogP contribution in [0.25, 0.3) is 11.3 Å². The molecule has 0 spiro atoms. The Kier molecular flexibility index (Phi) is 5.82. The van der Waals surface area contributed by atoms with E-state index in [4.69, 9.17) is 23.2 Å². The SMILES string of the molecule is CN(C)Cc1ccc(N/C(=C2\C(=O)Nc3cc(Cl)ccc32)c2ccc(Cl)cc2)cc1. The number of anilines is 2. The van der Waals surface area contributed by atoms with Crippen molar-refractivity contribution >= 4 is 51.8 Å². The van der Waals surface area contributed by atoms with Crippen molar-refractivity contribution in [2.24, 2.45) is 0 Å². The van der Waals surface area contributed by atoms with Crippen molar-refractivity contribution < 1.29 is 4.79 Å². The van der Waals surface area contributed by atoms with E-state index in [0.717, 1.165) is 23.4 Å². The molecule has 0 unspecified atom stereocenters. The molecule has 6 heteroatoms. The third-order valence-electron chi connectivity index (χ3n) is 4.83. The lowest BCUT2D eigenvalue weighted by molar-refractivity contribution is -0.110. The van der Waals surface area contributed by atoms with Crippen molar-refractivity contribution in [3.63, 3.8) is 0 Å². The summed E-state index contributed by atoms with van der Waals surface area (Å²) < 4.78 is 0. The highest BCUT2D eigenvalue weighted by Crippen LogP contribution is 2.39. The van der Waals surface area contributed by atoms with E-state index in [1.54, 1.807) is 12.1 Å². The highest BCUT2D eigenvalue weighted by molar-refractivity contribution is 6.38. The number of halogens is 2. The minimum Gasteiger partial charge on any atom is -0.354 e. The summed E-state index contributed by atoms with van der Waals surface area (Å²) >= 11 is 12.2. The molecule has 2 N–H and O–H groups in total. The number of fused-ring (bicyclic) bond motifs is 1. The van der Waals surface area contributed by atoms with E-state index in [0.29, 0.717) is 27.0 Å². The summed E-state index contributed by atoms with van der Waals surface area (Å²) in [6.07, 6.45) is 0. The zero-order valence-corrected chi connectivity index (χ0v) is 18.2. The molecule has 4 nitrogen and oxygen atoms in total. The minimum absolute atomic E-state index is 0.172. The lowest BCUT2D eigenvalue weighted by Gasteiger charge is -2.16. The van der Waals surface area contributed by atoms with E-state index in [-0.39, 0.29) is 5.91 Å². The van der Waals surface area contributed by atoms with Crippen LogP contribution in [0.1, 0.15) is 16.7 Å². The third-order valence-corrected chi connectivity index (χ3v) is 5.32. The van der Waals surface area contributed by atoms with Gasteiger partial charge in [-0.3, -0.25) is 4.79 Å². The number of hydrogen-bond donors (Lipinski definition) is 2. The second-order valence-electron chi connectivity index (χ2n) is 7.46. The van der Waals surface area contributed by atoms with Gasteiger partial charge < -0.3 is 15.5 Å². The first-order chi connectivity index (χ1) is 14.4. The molecule has 0 aliphatic carbocycles. The average Bonchev–Trinajstić information content (AvgIpc) is 3.02. The molecule has 0 saturated heterocycles.